The number of hydrogen-bond donors (Lipinski definition) is 1. The average Bonchev–Trinajstić information content (AvgIpc) is 2.09. The first kappa shape index (κ1) is 11.0. The number of carbonyl (C=O) groups excluding carboxylic acids is 1. The molecule has 0 atom stereocenters. The van der Waals surface area contributed by atoms with Crippen LogP contribution in [0.1, 0.15) is 19.4 Å². The van der Waals surface area contributed by atoms with E-state index in [1.807, 2.05) is 0 Å². The van der Waals surface area contributed by atoms with Gasteiger partial charge in [-0.05, 0) is 47.5 Å². The molecule has 74 valence electrons. The molecule has 1 aromatic carbocycles. The fourth-order valence-electron chi connectivity index (χ4n) is 1.07. The molecule has 3 nitrogen and oxygen atoms in total. The topological polar surface area (TPSA) is 49.7 Å². The molecule has 0 aliphatic heterocycles. The molecule has 0 aliphatic carbocycles. The minimum atomic E-state index is -0.613. The lowest BCUT2D eigenvalue weighted by atomic mass is 9.95. The van der Waals surface area contributed by atoms with Crippen molar-refractivity contribution >= 4 is 22.0 Å². The molecule has 0 amide bonds. The van der Waals surface area contributed by atoms with Crippen LogP contribution >= 0.6 is 15.9 Å². The van der Waals surface area contributed by atoms with E-state index < -0.39 is 5.54 Å². The van der Waals surface area contributed by atoms with E-state index in [1.165, 1.54) is 6.08 Å². The van der Waals surface area contributed by atoms with E-state index in [9.17, 15) is 9.90 Å². The highest BCUT2D eigenvalue weighted by atomic mass is 79.9. The molecule has 0 aliphatic rings. The number of aromatic hydroxyl groups is 1. The summed E-state index contributed by atoms with van der Waals surface area (Å²) < 4.78 is 0.587. The first-order valence-corrected chi connectivity index (χ1v) is 4.84. The third-order valence-corrected chi connectivity index (χ3v) is 2.61. The molecule has 4 heteroatoms. The summed E-state index contributed by atoms with van der Waals surface area (Å²) in [6.07, 6.45) is 1.54. The summed E-state index contributed by atoms with van der Waals surface area (Å²) in [5.74, 6) is 0.166. The van der Waals surface area contributed by atoms with E-state index in [4.69, 9.17) is 0 Å². The molecule has 0 spiro atoms. The highest BCUT2D eigenvalue weighted by Gasteiger charge is 2.19. The lowest BCUT2D eigenvalue weighted by Gasteiger charge is -2.18. The van der Waals surface area contributed by atoms with Gasteiger partial charge in [-0.2, -0.15) is 4.99 Å². The van der Waals surface area contributed by atoms with Crippen LogP contribution in [0.4, 0.5) is 0 Å². The number of isocyanates is 1. The van der Waals surface area contributed by atoms with E-state index in [0.29, 0.717) is 4.47 Å². The fourth-order valence-corrected chi connectivity index (χ4v) is 1.44. The van der Waals surface area contributed by atoms with Crippen molar-refractivity contribution in [1.82, 2.24) is 0 Å². The summed E-state index contributed by atoms with van der Waals surface area (Å²) in [5.41, 5.74) is 0.225. The summed E-state index contributed by atoms with van der Waals surface area (Å²) in [7, 11) is 0. The summed E-state index contributed by atoms with van der Waals surface area (Å²) in [6, 6.07) is 5.01. The zero-order valence-electron chi connectivity index (χ0n) is 7.91. The van der Waals surface area contributed by atoms with Crippen LogP contribution in [0.15, 0.2) is 27.7 Å². The number of benzene rings is 1. The molecule has 0 saturated heterocycles. The second-order valence-electron chi connectivity index (χ2n) is 3.43. The second-order valence-corrected chi connectivity index (χ2v) is 4.28. The first-order chi connectivity index (χ1) is 6.47. The monoisotopic (exact) mass is 255 g/mol. The van der Waals surface area contributed by atoms with Crippen molar-refractivity contribution in [2.24, 2.45) is 4.99 Å². The molecule has 1 aromatic rings. The maximum absolute atomic E-state index is 10.2. The molecule has 1 rings (SSSR count). The molecule has 0 radical (unpaired) electrons. The summed E-state index contributed by atoms with van der Waals surface area (Å²) >= 11 is 3.20. The summed E-state index contributed by atoms with van der Waals surface area (Å²) in [6.45, 7) is 3.60. The maximum Gasteiger partial charge on any atom is 0.235 e. The van der Waals surface area contributed by atoms with Crippen molar-refractivity contribution in [2.45, 2.75) is 19.4 Å². The van der Waals surface area contributed by atoms with Crippen molar-refractivity contribution in [3.63, 3.8) is 0 Å². The Labute approximate surface area is 90.6 Å². The second kappa shape index (κ2) is 3.95. The molecule has 0 fully saturated rings. The van der Waals surface area contributed by atoms with Gasteiger partial charge in [0.25, 0.3) is 0 Å². The Morgan fingerprint density at radius 3 is 2.64 bits per heavy atom. The van der Waals surface area contributed by atoms with Gasteiger partial charge >= 0.3 is 0 Å². The Morgan fingerprint density at radius 1 is 1.50 bits per heavy atom. The van der Waals surface area contributed by atoms with Crippen molar-refractivity contribution in [2.75, 3.05) is 0 Å². The summed E-state index contributed by atoms with van der Waals surface area (Å²) in [4.78, 5) is 13.9. The molecule has 0 heterocycles. The normalized spacial score (nSPS) is 10.8. The lowest BCUT2D eigenvalue weighted by molar-refractivity contribution is 0.470. The number of aliphatic imine (C=N–C) groups is 1. The van der Waals surface area contributed by atoms with E-state index in [1.54, 1.807) is 32.0 Å². The van der Waals surface area contributed by atoms with Crippen molar-refractivity contribution < 1.29 is 9.90 Å². The Kier molecular flexibility index (Phi) is 3.09. The minimum Gasteiger partial charge on any atom is -0.507 e. The van der Waals surface area contributed by atoms with Gasteiger partial charge in [-0.3, -0.25) is 0 Å². The van der Waals surface area contributed by atoms with Crippen LogP contribution < -0.4 is 0 Å². The predicted octanol–water partition coefficient (Wildman–Crippen LogP) is 2.73. The van der Waals surface area contributed by atoms with Crippen LogP contribution in [-0.4, -0.2) is 11.2 Å². The zero-order valence-corrected chi connectivity index (χ0v) is 9.50. The Bertz CT molecular complexity index is 395. The lowest BCUT2D eigenvalue weighted by Crippen LogP contribution is -2.13. The van der Waals surface area contributed by atoms with Crippen molar-refractivity contribution in [3.05, 3.63) is 28.2 Å². The van der Waals surface area contributed by atoms with Gasteiger partial charge in [-0.15, -0.1) is 0 Å². The van der Waals surface area contributed by atoms with Crippen LogP contribution in [0.3, 0.4) is 0 Å². The van der Waals surface area contributed by atoms with Crippen molar-refractivity contribution in [3.8, 4) is 5.75 Å². The van der Waals surface area contributed by atoms with E-state index in [2.05, 4.69) is 20.9 Å². The van der Waals surface area contributed by atoms with Crippen LogP contribution in [-0.2, 0) is 10.3 Å². The third-order valence-electron chi connectivity index (χ3n) is 1.98. The van der Waals surface area contributed by atoms with Gasteiger partial charge in [0.2, 0.25) is 6.08 Å². The predicted molar refractivity (Wildman–Crippen MR) is 57.0 cm³/mol. The van der Waals surface area contributed by atoms with E-state index >= 15 is 0 Å². The molecular weight excluding hydrogens is 246 g/mol. The number of phenolic OH excluding ortho intramolecular Hbond substituents is 1. The van der Waals surface area contributed by atoms with E-state index in [-0.39, 0.29) is 5.75 Å². The Morgan fingerprint density at radius 2 is 2.14 bits per heavy atom. The fraction of sp³-hybridized carbons (Fsp3) is 0.300. The Balaban J connectivity index is 3.20. The number of halogens is 1. The molecule has 0 unspecified atom stereocenters. The van der Waals surface area contributed by atoms with Gasteiger partial charge in [0.1, 0.15) is 5.75 Å². The molecule has 1 N–H and O–H groups in total. The SMILES string of the molecule is CC(C)(N=C=O)c1ccc(O)c(Br)c1. The standard InChI is InChI=1S/C10H10BrNO2/c1-10(2,12-6-13)7-3-4-9(14)8(11)5-7/h3-5,14H,1-2H3. The van der Waals surface area contributed by atoms with Gasteiger partial charge in [0.15, 0.2) is 0 Å². The van der Waals surface area contributed by atoms with Crippen molar-refractivity contribution in [1.29, 1.82) is 0 Å². The maximum atomic E-state index is 10.2. The van der Waals surface area contributed by atoms with Gasteiger partial charge in [0, 0.05) is 0 Å². The molecule has 0 aromatic heterocycles. The highest BCUT2D eigenvalue weighted by Crippen LogP contribution is 2.31. The smallest absolute Gasteiger partial charge is 0.235 e. The number of phenols is 1. The van der Waals surface area contributed by atoms with Gasteiger partial charge in [0.05, 0.1) is 10.0 Å². The van der Waals surface area contributed by atoms with Crippen LogP contribution in [0.5, 0.6) is 5.75 Å². The van der Waals surface area contributed by atoms with Gasteiger partial charge < -0.3 is 5.11 Å². The summed E-state index contributed by atoms with van der Waals surface area (Å²) in [5, 5.41) is 9.28. The number of nitrogens with zero attached hydrogens (tertiary/aromatic N) is 1. The van der Waals surface area contributed by atoms with Gasteiger partial charge in [-0.1, -0.05) is 6.07 Å². The Hall–Kier alpha value is -1.12. The van der Waals surface area contributed by atoms with E-state index in [0.717, 1.165) is 5.56 Å². The third kappa shape index (κ3) is 2.22. The first-order valence-electron chi connectivity index (χ1n) is 4.05. The highest BCUT2D eigenvalue weighted by molar-refractivity contribution is 9.10. The average molecular weight is 256 g/mol. The molecular formula is C10H10BrNO2. The van der Waals surface area contributed by atoms with Crippen LogP contribution in [0.2, 0.25) is 0 Å². The van der Waals surface area contributed by atoms with Crippen LogP contribution in [0, 0.1) is 0 Å². The molecule has 0 saturated carbocycles. The largest absolute Gasteiger partial charge is 0.507 e. The number of rotatable bonds is 2. The minimum absolute atomic E-state index is 0.166. The zero-order chi connectivity index (χ0) is 10.8. The molecule has 14 heavy (non-hydrogen) atoms. The van der Waals surface area contributed by atoms with Gasteiger partial charge in [-0.25, -0.2) is 4.79 Å². The quantitative estimate of drug-likeness (QED) is 0.653. The number of hydrogen-bond acceptors (Lipinski definition) is 3. The molecule has 0 bridgehead atoms. The van der Waals surface area contributed by atoms with Crippen LogP contribution in [0.25, 0.3) is 0 Å².